The number of primary amides is 1. The second-order valence-electron chi connectivity index (χ2n) is 5.90. The zero-order valence-electron chi connectivity index (χ0n) is 12.9. The van der Waals surface area contributed by atoms with E-state index in [1.807, 2.05) is 13.8 Å². The molecule has 112 valence electrons. The molecule has 1 saturated carbocycles. The molecule has 0 saturated heterocycles. The number of nitrogens with one attached hydrogen (secondary N) is 1. The van der Waals surface area contributed by atoms with E-state index in [2.05, 4.69) is 17.1 Å². The molecular weight excluding hydrogens is 238 g/mol. The van der Waals surface area contributed by atoms with Crippen LogP contribution in [0.3, 0.4) is 0 Å². The Bertz CT molecular complexity index is 277. The quantitative estimate of drug-likeness (QED) is 0.707. The monoisotopic (exact) mass is 269 g/mol. The normalized spacial score (nSPS) is 20.4. The third-order valence-electron chi connectivity index (χ3n) is 4.51. The third-order valence-corrected chi connectivity index (χ3v) is 4.51. The van der Waals surface area contributed by atoms with Crippen molar-refractivity contribution in [1.82, 2.24) is 10.2 Å². The summed E-state index contributed by atoms with van der Waals surface area (Å²) >= 11 is 0. The number of hydrogen-bond donors (Lipinski definition) is 2. The standard InChI is InChI=1S/C15H31N3O/c1-4-17-15(3,14(16)19)11-12-18(5-2)13-9-7-6-8-10-13/h13,17H,4-12H2,1-3H3,(H2,16,19). The SMILES string of the molecule is CCNC(C)(CCN(CC)C1CCCCC1)C(N)=O. The molecule has 0 radical (unpaired) electrons. The van der Waals surface area contributed by atoms with Gasteiger partial charge in [0.2, 0.25) is 5.91 Å². The Morgan fingerprint density at radius 1 is 1.32 bits per heavy atom. The van der Waals surface area contributed by atoms with Crippen LogP contribution >= 0.6 is 0 Å². The number of carbonyl (C=O) groups is 1. The van der Waals surface area contributed by atoms with Gasteiger partial charge in [-0.05, 0) is 39.3 Å². The van der Waals surface area contributed by atoms with Gasteiger partial charge in [-0.3, -0.25) is 4.79 Å². The first-order valence-electron chi connectivity index (χ1n) is 7.82. The van der Waals surface area contributed by atoms with Gasteiger partial charge in [0.05, 0.1) is 5.54 Å². The average molecular weight is 269 g/mol. The highest BCUT2D eigenvalue weighted by molar-refractivity contribution is 5.84. The summed E-state index contributed by atoms with van der Waals surface area (Å²) in [7, 11) is 0. The smallest absolute Gasteiger partial charge is 0.237 e. The number of hydrogen-bond acceptors (Lipinski definition) is 3. The molecule has 3 N–H and O–H groups in total. The maximum Gasteiger partial charge on any atom is 0.237 e. The Labute approximate surface area is 118 Å². The van der Waals surface area contributed by atoms with E-state index >= 15 is 0 Å². The second kappa shape index (κ2) is 7.85. The van der Waals surface area contributed by atoms with Crippen molar-refractivity contribution in [3.8, 4) is 0 Å². The zero-order valence-corrected chi connectivity index (χ0v) is 12.9. The maximum atomic E-state index is 11.6. The highest BCUT2D eigenvalue weighted by Crippen LogP contribution is 2.23. The first-order valence-corrected chi connectivity index (χ1v) is 7.82. The summed E-state index contributed by atoms with van der Waals surface area (Å²) in [6.07, 6.45) is 7.48. The Kier molecular flexibility index (Phi) is 6.80. The molecule has 0 aromatic carbocycles. The zero-order chi connectivity index (χ0) is 14.3. The van der Waals surface area contributed by atoms with E-state index in [1.54, 1.807) is 0 Å². The molecule has 4 nitrogen and oxygen atoms in total. The number of nitrogens with zero attached hydrogens (tertiary/aromatic N) is 1. The Hall–Kier alpha value is -0.610. The highest BCUT2D eigenvalue weighted by atomic mass is 16.1. The predicted molar refractivity (Wildman–Crippen MR) is 80.0 cm³/mol. The van der Waals surface area contributed by atoms with Crippen LogP contribution in [-0.2, 0) is 4.79 Å². The van der Waals surface area contributed by atoms with Crippen molar-refractivity contribution in [2.45, 2.75) is 70.9 Å². The Morgan fingerprint density at radius 2 is 1.95 bits per heavy atom. The first-order chi connectivity index (χ1) is 9.03. The molecule has 1 aliphatic rings. The molecule has 1 amide bonds. The molecule has 0 aromatic heterocycles. The van der Waals surface area contributed by atoms with E-state index < -0.39 is 5.54 Å². The van der Waals surface area contributed by atoms with Gasteiger partial charge in [0.15, 0.2) is 0 Å². The summed E-state index contributed by atoms with van der Waals surface area (Å²) in [5, 5.41) is 3.24. The molecule has 1 unspecified atom stereocenters. The van der Waals surface area contributed by atoms with E-state index in [1.165, 1.54) is 32.1 Å². The van der Waals surface area contributed by atoms with Crippen LogP contribution in [0.25, 0.3) is 0 Å². The topological polar surface area (TPSA) is 58.4 Å². The van der Waals surface area contributed by atoms with Gasteiger partial charge in [-0.1, -0.05) is 33.1 Å². The summed E-state index contributed by atoms with van der Waals surface area (Å²) in [5.74, 6) is -0.242. The van der Waals surface area contributed by atoms with Gasteiger partial charge in [-0.25, -0.2) is 0 Å². The fourth-order valence-electron chi connectivity index (χ4n) is 3.10. The van der Waals surface area contributed by atoms with Gasteiger partial charge in [0.25, 0.3) is 0 Å². The number of rotatable bonds is 8. The fourth-order valence-corrected chi connectivity index (χ4v) is 3.10. The van der Waals surface area contributed by atoms with E-state index in [0.717, 1.165) is 26.1 Å². The third kappa shape index (κ3) is 4.77. The number of carbonyl (C=O) groups excluding carboxylic acids is 1. The molecule has 1 fully saturated rings. The molecule has 0 spiro atoms. The fraction of sp³-hybridized carbons (Fsp3) is 0.933. The van der Waals surface area contributed by atoms with Crippen LogP contribution in [0.4, 0.5) is 0 Å². The van der Waals surface area contributed by atoms with Gasteiger partial charge in [0.1, 0.15) is 0 Å². The van der Waals surface area contributed by atoms with E-state index in [9.17, 15) is 4.79 Å². The summed E-state index contributed by atoms with van der Waals surface area (Å²) in [6.45, 7) is 8.94. The van der Waals surface area contributed by atoms with Crippen molar-refractivity contribution in [2.24, 2.45) is 5.73 Å². The number of likely N-dealkylation sites (N-methyl/N-ethyl adjacent to an activating group) is 1. The maximum absolute atomic E-state index is 11.6. The van der Waals surface area contributed by atoms with Crippen molar-refractivity contribution in [2.75, 3.05) is 19.6 Å². The van der Waals surface area contributed by atoms with Gasteiger partial charge in [0, 0.05) is 12.6 Å². The van der Waals surface area contributed by atoms with Crippen LogP contribution in [-0.4, -0.2) is 42.0 Å². The molecule has 1 atom stereocenters. The van der Waals surface area contributed by atoms with Crippen LogP contribution < -0.4 is 11.1 Å². The largest absolute Gasteiger partial charge is 0.368 e. The summed E-state index contributed by atoms with van der Waals surface area (Å²) in [4.78, 5) is 14.2. The molecule has 0 heterocycles. The lowest BCUT2D eigenvalue weighted by Gasteiger charge is -2.36. The molecule has 1 rings (SSSR count). The average Bonchev–Trinajstić information content (AvgIpc) is 2.41. The lowest BCUT2D eigenvalue weighted by molar-refractivity contribution is -0.124. The molecule has 0 bridgehead atoms. The minimum absolute atomic E-state index is 0.242. The molecule has 4 heteroatoms. The minimum atomic E-state index is -0.573. The van der Waals surface area contributed by atoms with E-state index in [0.29, 0.717) is 6.04 Å². The molecule has 0 aromatic rings. The number of nitrogens with two attached hydrogens (primary N) is 1. The predicted octanol–water partition coefficient (Wildman–Crippen LogP) is 1.88. The summed E-state index contributed by atoms with van der Waals surface area (Å²) in [5.41, 5.74) is 4.97. The lowest BCUT2D eigenvalue weighted by Crippen LogP contribution is -2.55. The Balaban J connectivity index is 2.52. The van der Waals surface area contributed by atoms with E-state index in [4.69, 9.17) is 5.73 Å². The van der Waals surface area contributed by atoms with Crippen LogP contribution in [0.15, 0.2) is 0 Å². The van der Waals surface area contributed by atoms with Crippen molar-refractivity contribution < 1.29 is 4.79 Å². The van der Waals surface area contributed by atoms with Crippen LogP contribution in [0.2, 0.25) is 0 Å². The van der Waals surface area contributed by atoms with Crippen LogP contribution in [0, 0.1) is 0 Å². The van der Waals surface area contributed by atoms with Crippen LogP contribution in [0.1, 0.15) is 59.3 Å². The van der Waals surface area contributed by atoms with Gasteiger partial charge < -0.3 is 16.0 Å². The number of amides is 1. The first kappa shape index (κ1) is 16.4. The van der Waals surface area contributed by atoms with Gasteiger partial charge in [-0.2, -0.15) is 0 Å². The van der Waals surface area contributed by atoms with Crippen molar-refractivity contribution in [3.63, 3.8) is 0 Å². The van der Waals surface area contributed by atoms with Crippen LogP contribution in [0.5, 0.6) is 0 Å². The summed E-state index contributed by atoms with van der Waals surface area (Å²) < 4.78 is 0. The van der Waals surface area contributed by atoms with E-state index in [-0.39, 0.29) is 5.91 Å². The van der Waals surface area contributed by atoms with Gasteiger partial charge in [-0.15, -0.1) is 0 Å². The van der Waals surface area contributed by atoms with Gasteiger partial charge >= 0.3 is 0 Å². The van der Waals surface area contributed by atoms with Crippen molar-refractivity contribution >= 4 is 5.91 Å². The molecule has 1 aliphatic carbocycles. The second-order valence-corrected chi connectivity index (χ2v) is 5.90. The molecular formula is C15H31N3O. The minimum Gasteiger partial charge on any atom is -0.368 e. The van der Waals surface area contributed by atoms with Crippen molar-refractivity contribution in [3.05, 3.63) is 0 Å². The summed E-state index contributed by atoms with van der Waals surface area (Å²) in [6, 6.07) is 0.706. The molecule has 19 heavy (non-hydrogen) atoms. The Morgan fingerprint density at radius 3 is 2.42 bits per heavy atom. The molecule has 0 aliphatic heterocycles. The van der Waals surface area contributed by atoms with Crippen molar-refractivity contribution in [1.29, 1.82) is 0 Å². The highest BCUT2D eigenvalue weighted by Gasteiger charge is 2.31. The lowest BCUT2D eigenvalue weighted by atomic mass is 9.92.